The summed E-state index contributed by atoms with van der Waals surface area (Å²) in [6.45, 7) is 3.34. The Morgan fingerprint density at radius 2 is 1.86 bits per heavy atom. The molecule has 178 valence electrons. The molecular formula is C26H23N9O. The minimum atomic E-state index is 0.260. The standard InChI is InChI=1S/C26H23N9O/c27-26-31-24-20(25-30-23(32-35(25)26)22-7-4-12-36-22)15-29-34(24)11-10-33-9-8-21-19(16-33)13-18(14-28-21)17-5-2-1-3-6-17/h1-7,12-15H,8-11,16H2,(H2,27,31). The molecule has 0 aliphatic carbocycles. The molecule has 0 atom stereocenters. The molecule has 2 N–H and O–H groups in total. The molecule has 1 aromatic carbocycles. The number of aromatic nitrogens is 7. The summed E-state index contributed by atoms with van der Waals surface area (Å²) in [6, 6.07) is 16.3. The van der Waals surface area contributed by atoms with E-state index in [0.717, 1.165) is 37.0 Å². The number of hydrogen-bond donors (Lipinski definition) is 1. The van der Waals surface area contributed by atoms with Gasteiger partial charge < -0.3 is 10.2 Å². The Kier molecular flexibility index (Phi) is 4.78. The first kappa shape index (κ1) is 20.8. The van der Waals surface area contributed by atoms with Crippen LogP contribution in [0.25, 0.3) is 39.4 Å². The summed E-state index contributed by atoms with van der Waals surface area (Å²) < 4.78 is 8.86. The van der Waals surface area contributed by atoms with Gasteiger partial charge in [-0.1, -0.05) is 30.3 Å². The van der Waals surface area contributed by atoms with Crippen molar-refractivity contribution in [2.24, 2.45) is 0 Å². The van der Waals surface area contributed by atoms with Crippen LogP contribution in [-0.4, -0.2) is 52.3 Å². The van der Waals surface area contributed by atoms with Gasteiger partial charge in [0, 0.05) is 43.5 Å². The first-order valence-corrected chi connectivity index (χ1v) is 11.9. The summed E-state index contributed by atoms with van der Waals surface area (Å²) in [5.74, 6) is 1.30. The zero-order chi connectivity index (χ0) is 24.1. The van der Waals surface area contributed by atoms with Crippen molar-refractivity contribution < 1.29 is 4.42 Å². The largest absolute Gasteiger partial charge is 0.461 e. The number of nitrogen functional groups attached to an aromatic ring is 1. The summed E-state index contributed by atoms with van der Waals surface area (Å²) in [4.78, 5) is 16.4. The third-order valence-corrected chi connectivity index (χ3v) is 6.69. The summed E-state index contributed by atoms with van der Waals surface area (Å²) in [5, 5.41) is 9.85. The minimum Gasteiger partial charge on any atom is -0.461 e. The van der Waals surface area contributed by atoms with Crippen LogP contribution in [0.1, 0.15) is 11.3 Å². The zero-order valence-corrected chi connectivity index (χ0v) is 19.4. The smallest absolute Gasteiger partial charge is 0.225 e. The van der Waals surface area contributed by atoms with E-state index in [0.29, 0.717) is 29.4 Å². The average Bonchev–Trinajstić information content (AvgIpc) is 3.67. The molecule has 1 aliphatic rings. The third-order valence-electron chi connectivity index (χ3n) is 6.69. The fourth-order valence-electron chi connectivity index (χ4n) is 4.83. The fourth-order valence-corrected chi connectivity index (χ4v) is 4.83. The Morgan fingerprint density at radius 3 is 2.72 bits per heavy atom. The molecule has 10 nitrogen and oxygen atoms in total. The Bertz CT molecular complexity index is 1690. The molecule has 7 rings (SSSR count). The van der Waals surface area contributed by atoms with Crippen LogP contribution in [-0.2, 0) is 19.5 Å². The van der Waals surface area contributed by atoms with Crippen LogP contribution in [0.15, 0.2) is 71.6 Å². The van der Waals surface area contributed by atoms with Crippen LogP contribution in [0.4, 0.5) is 5.95 Å². The van der Waals surface area contributed by atoms with Crippen molar-refractivity contribution in [3.63, 3.8) is 0 Å². The van der Waals surface area contributed by atoms with E-state index in [4.69, 9.17) is 15.1 Å². The maximum absolute atomic E-state index is 6.23. The number of nitrogens with zero attached hydrogens (tertiary/aromatic N) is 8. The van der Waals surface area contributed by atoms with Crippen molar-refractivity contribution in [2.45, 2.75) is 19.5 Å². The molecule has 0 fully saturated rings. The molecular weight excluding hydrogens is 454 g/mol. The van der Waals surface area contributed by atoms with Gasteiger partial charge in [-0.25, -0.2) is 9.67 Å². The Morgan fingerprint density at radius 1 is 0.944 bits per heavy atom. The lowest BCUT2D eigenvalue weighted by atomic mass is 10.0. The Labute approximate surface area is 206 Å². The monoisotopic (exact) mass is 477 g/mol. The summed E-state index contributed by atoms with van der Waals surface area (Å²) >= 11 is 0. The zero-order valence-electron chi connectivity index (χ0n) is 19.4. The van der Waals surface area contributed by atoms with Crippen LogP contribution < -0.4 is 5.73 Å². The Hall–Kier alpha value is -4.57. The van der Waals surface area contributed by atoms with E-state index in [1.807, 2.05) is 23.0 Å². The van der Waals surface area contributed by atoms with Crippen molar-refractivity contribution in [3.05, 3.63) is 78.4 Å². The molecule has 10 heteroatoms. The highest BCUT2D eigenvalue weighted by Crippen LogP contribution is 2.26. The molecule has 0 radical (unpaired) electrons. The van der Waals surface area contributed by atoms with Gasteiger partial charge in [-0.15, -0.1) is 5.10 Å². The second-order valence-electron chi connectivity index (χ2n) is 8.95. The molecule has 0 bridgehead atoms. The van der Waals surface area contributed by atoms with Crippen LogP contribution in [0.3, 0.4) is 0 Å². The van der Waals surface area contributed by atoms with Crippen LogP contribution in [0, 0.1) is 0 Å². The highest BCUT2D eigenvalue weighted by atomic mass is 16.3. The third kappa shape index (κ3) is 3.50. The van der Waals surface area contributed by atoms with Gasteiger partial charge in [0.15, 0.2) is 17.1 Å². The molecule has 36 heavy (non-hydrogen) atoms. The molecule has 0 spiro atoms. The van der Waals surface area contributed by atoms with E-state index in [9.17, 15) is 0 Å². The molecule has 0 amide bonds. The van der Waals surface area contributed by atoms with E-state index < -0.39 is 0 Å². The lowest BCUT2D eigenvalue weighted by Gasteiger charge is -2.28. The normalized spacial score (nSPS) is 14.0. The van der Waals surface area contributed by atoms with E-state index in [2.05, 4.69) is 55.4 Å². The molecule has 6 heterocycles. The number of fused-ring (bicyclic) bond motifs is 4. The quantitative estimate of drug-likeness (QED) is 0.401. The topological polar surface area (TPSA) is 116 Å². The lowest BCUT2D eigenvalue weighted by molar-refractivity contribution is 0.239. The number of anilines is 1. The number of furan rings is 1. The summed E-state index contributed by atoms with van der Waals surface area (Å²) in [5.41, 5.74) is 12.4. The maximum atomic E-state index is 6.23. The van der Waals surface area contributed by atoms with Crippen LogP contribution >= 0.6 is 0 Å². The number of rotatable bonds is 5. The van der Waals surface area contributed by atoms with Crippen molar-refractivity contribution >= 4 is 22.6 Å². The van der Waals surface area contributed by atoms with Crippen molar-refractivity contribution in [2.75, 3.05) is 18.8 Å². The van der Waals surface area contributed by atoms with E-state index in [1.54, 1.807) is 18.5 Å². The van der Waals surface area contributed by atoms with Crippen molar-refractivity contribution in [1.29, 1.82) is 0 Å². The van der Waals surface area contributed by atoms with Gasteiger partial charge in [0.2, 0.25) is 11.8 Å². The van der Waals surface area contributed by atoms with E-state index >= 15 is 0 Å². The average molecular weight is 478 g/mol. The minimum absolute atomic E-state index is 0.260. The predicted octanol–water partition coefficient (Wildman–Crippen LogP) is 3.44. The lowest BCUT2D eigenvalue weighted by Crippen LogP contribution is -2.33. The number of pyridine rings is 1. The molecule has 0 saturated heterocycles. The fraction of sp³-hybridized carbons (Fsp3) is 0.192. The first-order valence-electron chi connectivity index (χ1n) is 11.9. The van der Waals surface area contributed by atoms with Gasteiger partial charge in [0.05, 0.1) is 24.4 Å². The maximum Gasteiger partial charge on any atom is 0.225 e. The van der Waals surface area contributed by atoms with Crippen molar-refractivity contribution in [3.8, 4) is 22.7 Å². The van der Waals surface area contributed by atoms with Gasteiger partial charge in [-0.3, -0.25) is 9.88 Å². The summed E-state index contributed by atoms with van der Waals surface area (Å²) in [6.07, 6.45) is 6.29. The second kappa shape index (κ2) is 8.28. The van der Waals surface area contributed by atoms with Crippen molar-refractivity contribution in [1.82, 2.24) is 39.2 Å². The SMILES string of the molecule is Nc1nc2c(cnn2CCN2CCc3ncc(-c4ccccc4)cc3C2)c2nc(-c3ccco3)nn12. The number of hydrogen-bond acceptors (Lipinski definition) is 8. The van der Waals surface area contributed by atoms with Crippen LogP contribution in [0.5, 0.6) is 0 Å². The van der Waals surface area contributed by atoms with Gasteiger partial charge in [-0.05, 0) is 29.3 Å². The molecule has 0 saturated carbocycles. The number of nitrogens with two attached hydrogens (primary N) is 1. The molecule has 1 aliphatic heterocycles. The van der Waals surface area contributed by atoms with Crippen LogP contribution in [0.2, 0.25) is 0 Å². The highest BCUT2D eigenvalue weighted by molar-refractivity contribution is 5.90. The molecule has 0 unspecified atom stereocenters. The Balaban J connectivity index is 1.13. The van der Waals surface area contributed by atoms with E-state index in [1.165, 1.54) is 21.3 Å². The van der Waals surface area contributed by atoms with E-state index in [-0.39, 0.29) is 5.95 Å². The van der Waals surface area contributed by atoms with Gasteiger partial charge in [0.25, 0.3) is 0 Å². The van der Waals surface area contributed by atoms with Gasteiger partial charge in [-0.2, -0.15) is 14.6 Å². The molecule has 6 aromatic rings. The highest BCUT2D eigenvalue weighted by Gasteiger charge is 2.20. The second-order valence-corrected chi connectivity index (χ2v) is 8.95. The molecule has 5 aromatic heterocycles. The predicted molar refractivity (Wildman–Crippen MR) is 135 cm³/mol. The van der Waals surface area contributed by atoms with Gasteiger partial charge in [0.1, 0.15) is 0 Å². The first-order chi connectivity index (χ1) is 17.7. The van der Waals surface area contributed by atoms with Gasteiger partial charge >= 0.3 is 0 Å². The number of benzene rings is 1. The summed E-state index contributed by atoms with van der Waals surface area (Å²) in [7, 11) is 0.